The Morgan fingerprint density at radius 3 is 1.82 bits per heavy atom. The summed E-state index contributed by atoms with van der Waals surface area (Å²) < 4.78 is 75.1. The summed E-state index contributed by atoms with van der Waals surface area (Å²) in [6, 6.07) is 1.07. The zero-order valence-corrected chi connectivity index (χ0v) is 8.28. The Hall–Kier alpha value is -1.44. The molecule has 0 bridgehead atoms. The van der Waals surface area contributed by atoms with Crippen LogP contribution in [-0.4, -0.2) is 0 Å². The number of anilines is 1. The average Bonchev–Trinajstić information content (AvgIpc) is 2.12. The molecule has 1 aromatic carbocycles. The van der Waals surface area contributed by atoms with Crippen molar-refractivity contribution in [2.75, 3.05) is 5.73 Å². The summed E-state index contributed by atoms with van der Waals surface area (Å²) in [7, 11) is 0. The highest BCUT2D eigenvalue weighted by Gasteiger charge is 2.41. The maximum Gasteiger partial charge on any atom is 0.418 e. The zero-order valence-electron chi connectivity index (χ0n) is 8.28. The minimum atomic E-state index is -4.97. The van der Waals surface area contributed by atoms with E-state index in [0.29, 0.717) is 12.1 Å². The molecule has 4 N–H and O–H groups in total. The van der Waals surface area contributed by atoms with Crippen LogP contribution in [0.5, 0.6) is 0 Å². The summed E-state index contributed by atoms with van der Waals surface area (Å²) in [4.78, 5) is 0. The van der Waals surface area contributed by atoms with Crippen LogP contribution in [0.3, 0.4) is 0 Å². The van der Waals surface area contributed by atoms with Gasteiger partial charge in [-0.05, 0) is 17.7 Å². The lowest BCUT2D eigenvalue weighted by atomic mass is 9.98. The predicted molar refractivity (Wildman–Crippen MR) is 48.7 cm³/mol. The van der Waals surface area contributed by atoms with E-state index in [1.54, 1.807) is 0 Å². The van der Waals surface area contributed by atoms with E-state index in [1.807, 2.05) is 0 Å². The fraction of sp³-hybridized carbons (Fsp3) is 0.333. The van der Waals surface area contributed by atoms with Gasteiger partial charge in [-0.15, -0.1) is 0 Å². The summed E-state index contributed by atoms with van der Waals surface area (Å²) in [6.07, 6.45) is -9.87. The van der Waals surface area contributed by atoms with Gasteiger partial charge in [0.2, 0.25) is 0 Å². The highest BCUT2D eigenvalue weighted by molar-refractivity contribution is 5.56. The summed E-state index contributed by atoms with van der Waals surface area (Å²) in [6.45, 7) is -0.894. The van der Waals surface area contributed by atoms with Crippen LogP contribution in [0.4, 0.5) is 32.0 Å². The van der Waals surface area contributed by atoms with Crippen LogP contribution in [0, 0.1) is 0 Å². The van der Waals surface area contributed by atoms with Gasteiger partial charge in [-0.2, -0.15) is 26.3 Å². The number of hydrogen-bond donors (Lipinski definition) is 2. The summed E-state index contributed by atoms with van der Waals surface area (Å²) in [5.74, 6) is 0. The van der Waals surface area contributed by atoms with Crippen LogP contribution in [0.25, 0.3) is 0 Å². The second-order valence-electron chi connectivity index (χ2n) is 3.26. The molecular formula is C9H8F6N2. The number of rotatable bonds is 1. The zero-order chi connectivity index (χ0) is 13.4. The summed E-state index contributed by atoms with van der Waals surface area (Å²) in [5, 5.41) is 0. The predicted octanol–water partition coefficient (Wildman–Crippen LogP) is 2.77. The molecular weight excluding hydrogens is 250 g/mol. The largest absolute Gasteiger partial charge is 0.418 e. The van der Waals surface area contributed by atoms with Crippen molar-refractivity contribution in [2.24, 2.45) is 5.73 Å². The first-order chi connectivity index (χ1) is 7.59. The van der Waals surface area contributed by atoms with Gasteiger partial charge in [-0.1, -0.05) is 0 Å². The standard InChI is InChI=1S/C9H8F6N2/c10-8(11,12)5-1-2-6(17)7(4(5)3-16)9(13,14)15/h1-2H,3,16-17H2. The number of nitrogen functional groups attached to an aromatic ring is 1. The number of benzene rings is 1. The lowest BCUT2D eigenvalue weighted by molar-refractivity contribution is -0.143. The second kappa shape index (κ2) is 4.10. The molecule has 8 heteroatoms. The Bertz CT molecular complexity index is 421. The lowest BCUT2D eigenvalue weighted by Crippen LogP contribution is -2.20. The van der Waals surface area contributed by atoms with E-state index in [2.05, 4.69) is 0 Å². The first kappa shape index (κ1) is 13.6. The molecule has 0 spiro atoms. The van der Waals surface area contributed by atoms with Crippen molar-refractivity contribution in [3.8, 4) is 0 Å². The highest BCUT2D eigenvalue weighted by atomic mass is 19.4. The van der Waals surface area contributed by atoms with Gasteiger partial charge in [0.25, 0.3) is 0 Å². The van der Waals surface area contributed by atoms with E-state index in [4.69, 9.17) is 11.5 Å². The molecule has 0 saturated heterocycles. The van der Waals surface area contributed by atoms with Crippen LogP contribution in [0.2, 0.25) is 0 Å². The number of nitrogens with two attached hydrogens (primary N) is 2. The molecule has 0 unspecified atom stereocenters. The van der Waals surface area contributed by atoms with E-state index in [9.17, 15) is 26.3 Å². The molecule has 96 valence electrons. The maximum atomic E-state index is 12.6. The van der Waals surface area contributed by atoms with Gasteiger partial charge in [0, 0.05) is 12.2 Å². The fourth-order valence-corrected chi connectivity index (χ4v) is 1.48. The third kappa shape index (κ3) is 2.63. The van der Waals surface area contributed by atoms with E-state index in [0.717, 1.165) is 0 Å². The van der Waals surface area contributed by atoms with E-state index < -0.39 is 41.3 Å². The van der Waals surface area contributed by atoms with E-state index >= 15 is 0 Å². The second-order valence-corrected chi connectivity index (χ2v) is 3.26. The minimum absolute atomic E-state index is 0.493. The molecule has 0 amide bonds. The molecule has 0 fully saturated rings. The Balaban J connectivity index is 3.60. The van der Waals surface area contributed by atoms with Crippen molar-refractivity contribution in [3.05, 3.63) is 28.8 Å². The third-order valence-electron chi connectivity index (χ3n) is 2.14. The molecule has 17 heavy (non-hydrogen) atoms. The number of hydrogen-bond acceptors (Lipinski definition) is 2. The van der Waals surface area contributed by atoms with Crippen LogP contribution in [0.1, 0.15) is 16.7 Å². The third-order valence-corrected chi connectivity index (χ3v) is 2.14. The van der Waals surface area contributed by atoms with Crippen LogP contribution >= 0.6 is 0 Å². The molecule has 0 aromatic heterocycles. The number of halogens is 6. The van der Waals surface area contributed by atoms with Crippen LogP contribution in [0.15, 0.2) is 12.1 Å². The molecule has 1 rings (SSSR count). The van der Waals surface area contributed by atoms with Gasteiger partial charge in [0.1, 0.15) is 0 Å². The van der Waals surface area contributed by atoms with Gasteiger partial charge in [0.05, 0.1) is 11.1 Å². The maximum absolute atomic E-state index is 12.6. The van der Waals surface area contributed by atoms with Crippen LogP contribution in [-0.2, 0) is 18.9 Å². The topological polar surface area (TPSA) is 52.0 Å². The van der Waals surface area contributed by atoms with Crippen molar-refractivity contribution >= 4 is 5.69 Å². The van der Waals surface area contributed by atoms with E-state index in [1.165, 1.54) is 0 Å². The lowest BCUT2D eigenvalue weighted by Gasteiger charge is -2.19. The Labute approximate surface area is 92.2 Å². The molecule has 0 atom stereocenters. The molecule has 0 aliphatic heterocycles. The van der Waals surface area contributed by atoms with Crippen molar-refractivity contribution in [2.45, 2.75) is 18.9 Å². The highest BCUT2D eigenvalue weighted by Crippen LogP contribution is 2.41. The molecule has 0 aliphatic rings. The average molecular weight is 258 g/mol. The molecule has 0 radical (unpaired) electrons. The molecule has 0 aliphatic carbocycles. The quantitative estimate of drug-likeness (QED) is 0.601. The monoisotopic (exact) mass is 258 g/mol. The fourth-order valence-electron chi connectivity index (χ4n) is 1.48. The molecule has 0 saturated carbocycles. The summed E-state index contributed by atoms with van der Waals surface area (Å²) in [5.41, 5.74) is 5.27. The Morgan fingerprint density at radius 1 is 0.941 bits per heavy atom. The molecule has 0 heterocycles. The smallest absolute Gasteiger partial charge is 0.398 e. The van der Waals surface area contributed by atoms with E-state index in [-0.39, 0.29) is 0 Å². The van der Waals surface area contributed by atoms with Gasteiger partial charge < -0.3 is 11.5 Å². The van der Waals surface area contributed by atoms with Crippen molar-refractivity contribution in [1.29, 1.82) is 0 Å². The van der Waals surface area contributed by atoms with Crippen molar-refractivity contribution < 1.29 is 26.3 Å². The number of alkyl halides is 6. The van der Waals surface area contributed by atoms with Gasteiger partial charge in [0.15, 0.2) is 0 Å². The summed E-state index contributed by atoms with van der Waals surface area (Å²) >= 11 is 0. The minimum Gasteiger partial charge on any atom is -0.398 e. The Morgan fingerprint density at radius 2 is 1.47 bits per heavy atom. The van der Waals surface area contributed by atoms with Gasteiger partial charge >= 0.3 is 12.4 Å². The Kier molecular flexibility index (Phi) is 3.28. The normalized spacial score (nSPS) is 12.9. The first-order valence-corrected chi connectivity index (χ1v) is 4.35. The SMILES string of the molecule is NCc1c(C(F)(F)F)ccc(N)c1C(F)(F)F. The van der Waals surface area contributed by atoms with Crippen molar-refractivity contribution in [1.82, 2.24) is 0 Å². The van der Waals surface area contributed by atoms with Crippen LogP contribution < -0.4 is 11.5 Å². The van der Waals surface area contributed by atoms with Gasteiger partial charge in [-0.3, -0.25) is 0 Å². The van der Waals surface area contributed by atoms with Gasteiger partial charge in [-0.25, -0.2) is 0 Å². The van der Waals surface area contributed by atoms with Crippen molar-refractivity contribution in [3.63, 3.8) is 0 Å². The molecule has 1 aromatic rings. The first-order valence-electron chi connectivity index (χ1n) is 4.35. The molecule has 2 nitrogen and oxygen atoms in total.